The molecule has 3 heterocycles. The number of nitrogens with one attached hydrogen (secondary N) is 1. The summed E-state index contributed by atoms with van der Waals surface area (Å²) < 4.78 is 7.01. The van der Waals surface area contributed by atoms with Crippen molar-refractivity contribution in [2.75, 3.05) is 35.8 Å². The molecule has 4 atom stereocenters. The molecule has 0 unspecified atom stereocenters. The van der Waals surface area contributed by atoms with Crippen LogP contribution in [0.25, 0.3) is 11.2 Å². The Kier molecular flexibility index (Phi) is 6.70. The van der Waals surface area contributed by atoms with Crippen LogP contribution in [-0.4, -0.2) is 79.1 Å². The van der Waals surface area contributed by atoms with Crippen molar-refractivity contribution in [2.45, 2.75) is 38.4 Å². The lowest BCUT2D eigenvalue weighted by molar-refractivity contribution is -0.0511. The highest BCUT2D eigenvalue weighted by molar-refractivity contribution is 5.83. The summed E-state index contributed by atoms with van der Waals surface area (Å²) in [6, 6.07) is 8.00. The first-order valence-electron chi connectivity index (χ1n) is 10.7. The van der Waals surface area contributed by atoms with Gasteiger partial charge in [0.25, 0.3) is 0 Å². The lowest BCUT2D eigenvalue weighted by Gasteiger charge is -2.20. The lowest BCUT2D eigenvalue weighted by Crippen LogP contribution is -2.33. The van der Waals surface area contributed by atoms with E-state index in [0.29, 0.717) is 11.2 Å². The molecule has 0 spiro atoms. The first-order chi connectivity index (χ1) is 16.0. The number of nitrogens with two attached hydrogens (primary N) is 1. The summed E-state index contributed by atoms with van der Waals surface area (Å²) in [6.07, 6.45) is -1.40. The van der Waals surface area contributed by atoms with Crippen molar-refractivity contribution < 1.29 is 20.1 Å². The highest BCUT2D eigenvalue weighted by Gasteiger charge is 2.44. The Morgan fingerprint density at radius 3 is 2.55 bits per heavy atom. The predicted octanol–water partition coefficient (Wildman–Crippen LogP) is 0.312. The van der Waals surface area contributed by atoms with Gasteiger partial charge in [-0.2, -0.15) is 15.1 Å². The van der Waals surface area contributed by atoms with Crippen molar-refractivity contribution in [1.29, 1.82) is 0 Å². The van der Waals surface area contributed by atoms with Gasteiger partial charge >= 0.3 is 0 Å². The molecule has 6 N–H and O–H groups in total. The second-order valence-corrected chi connectivity index (χ2v) is 7.62. The third kappa shape index (κ3) is 4.46. The molecule has 176 valence electrons. The predicted molar refractivity (Wildman–Crippen MR) is 124 cm³/mol. The van der Waals surface area contributed by atoms with Gasteiger partial charge in [-0.1, -0.05) is 12.1 Å². The Bertz CT molecular complexity index is 1120. The van der Waals surface area contributed by atoms with Crippen LogP contribution in [0.15, 0.2) is 35.7 Å². The van der Waals surface area contributed by atoms with Crippen LogP contribution in [0.1, 0.15) is 25.6 Å². The maximum atomic E-state index is 10.3. The van der Waals surface area contributed by atoms with Gasteiger partial charge in [-0.3, -0.25) is 4.57 Å². The van der Waals surface area contributed by atoms with E-state index in [1.165, 1.54) is 10.9 Å². The monoisotopic (exact) mass is 456 g/mol. The Balaban J connectivity index is 1.53. The number of hydrogen-bond acceptors (Lipinski definition) is 11. The second-order valence-electron chi connectivity index (χ2n) is 7.62. The first kappa shape index (κ1) is 22.9. The fraction of sp³-hybridized carbons (Fsp3) is 0.429. The minimum atomic E-state index is -1.27. The van der Waals surface area contributed by atoms with Crippen molar-refractivity contribution >= 4 is 34.8 Å². The van der Waals surface area contributed by atoms with Crippen molar-refractivity contribution in [3.8, 4) is 0 Å². The van der Waals surface area contributed by atoms with Gasteiger partial charge in [0, 0.05) is 18.8 Å². The summed E-state index contributed by atoms with van der Waals surface area (Å²) in [5, 5.41) is 33.9. The average Bonchev–Trinajstić information content (AvgIpc) is 3.37. The SMILES string of the molecule is CCN(CC)c1ccc(C=NNc2nc(N)c3ncn([C@@H]4O[C@H](CO)[C@@H](O)[C@H]4O)c3n2)cc1. The molecule has 0 amide bonds. The molecule has 33 heavy (non-hydrogen) atoms. The van der Waals surface area contributed by atoms with Crippen molar-refractivity contribution in [1.82, 2.24) is 19.5 Å². The summed E-state index contributed by atoms with van der Waals surface area (Å²) in [4.78, 5) is 15.0. The van der Waals surface area contributed by atoms with Crippen molar-refractivity contribution in [3.05, 3.63) is 36.2 Å². The van der Waals surface area contributed by atoms with Crippen LogP contribution in [0.5, 0.6) is 0 Å². The number of imidazole rings is 1. The molecule has 12 nitrogen and oxygen atoms in total. The topological polar surface area (TPSA) is 167 Å². The van der Waals surface area contributed by atoms with Crippen LogP contribution < -0.4 is 16.1 Å². The van der Waals surface area contributed by atoms with E-state index in [4.69, 9.17) is 10.5 Å². The van der Waals surface area contributed by atoms with E-state index in [2.05, 4.69) is 44.2 Å². The number of ether oxygens (including phenoxy) is 1. The molecular formula is C21H28N8O4. The smallest absolute Gasteiger partial charge is 0.247 e. The van der Waals surface area contributed by atoms with Gasteiger partial charge in [-0.05, 0) is 31.5 Å². The quantitative estimate of drug-likeness (QED) is 0.235. The van der Waals surface area contributed by atoms with Gasteiger partial charge < -0.3 is 30.7 Å². The van der Waals surface area contributed by atoms with E-state index in [1.54, 1.807) is 6.21 Å². The third-order valence-corrected chi connectivity index (χ3v) is 5.64. The lowest BCUT2D eigenvalue weighted by atomic mass is 10.1. The number of aliphatic hydroxyl groups is 3. The zero-order valence-electron chi connectivity index (χ0n) is 18.4. The van der Waals surface area contributed by atoms with E-state index in [-0.39, 0.29) is 11.8 Å². The fourth-order valence-corrected chi connectivity index (χ4v) is 3.81. The van der Waals surface area contributed by atoms with Gasteiger partial charge in [-0.25, -0.2) is 10.4 Å². The third-order valence-electron chi connectivity index (χ3n) is 5.64. The summed E-state index contributed by atoms with van der Waals surface area (Å²) in [7, 11) is 0. The molecule has 1 fully saturated rings. The van der Waals surface area contributed by atoms with Gasteiger partial charge in [0.2, 0.25) is 5.95 Å². The maximum absolute atomic E-state index is 10.3. The highest BCUT2D eigenvalue weighted by atomic mass is 16.6. The highest BCUT2D eigenvalue weighted by Crippen LogP contribution is 2.32. The molecule has 0 aliphatic carbocycles. The van der Waals surface area contributed by atoms with Gasteiger partial charge in [-0.15, -0.1) is 0 Å². The molecule has 3 aromatic rings. The van der Waals surface area contributed by atoms with E-state index in [1.807, 2.05) is 24.3 Å². The van der Waals surface area contributed by atoms with Crippen LogP contribution >= 0.6 is 0 Å². The van der Waals surface area contributed by atoms with Crippen LogP contribution in [0, 0.1) is 0 Å². The van der Waals surface area contributed by atoms with Crippen molar-refractivity contribution in [3.63, 3.8) is 0 Å². The Morgan fingerprint density at radius 1 is 1.18 bits per heavy atom. The molecule has 4 rings (SSSR count). The summed E-state index contributed by atoms with van der Waals surface area (Å²) in [6.45, 7) is 5.67. The Hall–Kier alpha value is -3.32. The summed E-state index contributed by atoms with van der Waals surface area (Å²) in [5.74, 6) is 0.247. The Morgan fingerprint density at radius 2 is 1.91 bits per heavy atom. The fourth-order valence-electron chi connectivity index (χ4n) is 3.81. The van der Waals surface area contributed by atoms with Gasteiger partial charge in [0.1, 0.15) is 23.8 Å². The van der Waals surface area contributed by atoms with Crippen LogP contribution in [-0.2, 0) is 4.74 Å². The normalized spacial score (nSPS) is 22.9. The first-order valence-corrected chi connectivity index (χ1v) is 10.7. The van der Waals surface area contributed by atoms with E-state index >= 15 is 0 Å². The molecule has 0 bridgehead atoms. The number of aliphatic hydroxyl groups excluding tert-OH is 3. The number of aromatic nitrogens is 4. The second kappa shape index (κ2) is 9.67. The number of nitrogen functional groups attached to an aromatic ring is 1. The maximum Gasteiger partial charge on any atom is 0.247 e. The van der Waals surface area contributed by atoms with Crippen molar-refractivity contribution in [2.24, 2.45) is 5.10 Å². The van der Waals surface area contributed by atoms with Crippen LogP contribution in [0.2, 0.25) is 0 Å². The van der Waals surface area contributed by atoms with Crippen LogP contribution in [0.3, 0.4) is 0 Å². The molecule has 0 saturated carbocycles. The van der Waals surface area contributed by atoms with Crippen LogP contribution in [0.4, 0.5) is 17.5 Å². The molecule has 1 aromatic carbocycles. The number of fused-ring (bicyclic) bond motifs is 1. The number of benzene rings is 1. The molecule has 1 aliphatic rings. The van der Waals surface area contributed by atoms with Gasteiger partial charge in [0.15, 0.2) is 17.7 Å². The number of anilines is 3. The number of nitrogens with zero attached hydrogens (tertiary/aromatic N) is 6. The van der Waals surface area contributed by atoms with E-state index in [9.17, 15) is 15.3 Å². The summed E-state index contributed by atoms with van der Waals surface area (Å²) >= 11 is 0. The molecule has 1 saturated heterocycles. The van der Waals surface area contributed by atoms with E-state index < -0.39 is 31.1 Å². The largest absolute Gasteiger partial charge is 0.394 e. The zero-order chi connectivity index (χ0) is 23.5. The van der Waals surface area contributed by atoms with E-state index in [0.717, 1.165) is 24.3 Å². The molecule has 1 aliphatic heterocycles. The molecular weight excluding hydrogens is 428 g/mol. The minimum absolute atomic E-state index is 0.117. The standard InChI is InChI=1S/C21H28N8O4/c1-3-28(4-2)13-7-5-12(6-8-13)9-24-27-21-25-18(22)15-19(26-21)29(11-23-15)20-17(32)16(31)14(10-30)33-20/h5-9,11,14,16-17,20,30-32H,3-4,10H2,1-2H3,(H3,22,25,26,27)/t14-,16-,17-,20-/m1/s1. The number of hydrogen-bond donors (Lipinski definition) is 5. The van der Waals surface area contributed by atoms with Gasteiger partial charge in [0.05, 0.1) is 19.1 Å². The molecule has 12 heteroatoms. The zero-order valence-corrected chi connectivity index (χ0v) is 18.4. The molecule has 2 aromatic heterocycles. The molecule has 0 radical (unpaired) electrons. The summed E-state index contributed by atoms with van der Waals surface area (Å²) in [5.41, 5.74) is 11.4. The number of hydrazone groups is 1. The average molecular weight is 457 g/mol. The Labute approximate surface area is 190 Å². The number of rotatable bonds is 8. The minimum Gasteiger partial charge on any atom is -0.394 e.